The lowest BCUT2D eigenvalue weighted by Crippen LogP contribution is -3.17. The number of piperidine rings is 1. The maximum Gasteiger partial charge on any atom is 0.324 e. The van der Waals surface area contributed by atoms with Gasteiger partial charge in [-0.25, -0.2) is 4.79 Å². The molecule has 0 aromatic rings. The number of nitrogens with one attached hydrogen (secondary N) is 2. The molecule has 1 atom stereocenters. The summed E-state index contributed by atoms with van der Waals surface area (Å²) >= 11 is 0. The van der Waals surface area contributed by atoms with Gasteiger partial charge in [0.1, 0.15) is 0 Å². The van der Waals surface area contributed by atoms with E-state index in [4.69, 9.17) is 0 Å². The van der Waals surface area contributed by atoms with Crippen molar-refractivity contribution in [3.8, 4) is 0 Å². The molecule has 2 heterocycles. The van der Waals surface area contributed by atoms with Gasteiger partial charge in [0.15, 0.2) is 6.04 Å². The molecule has 2 saturated heterocycles. The maximum absolute atomic E-state index is 12.1. The summed E-state index contributed by atoms with van der Waals surface area (Å²) < 4.78 is 0. The summed E-state index contributed by atoms with van der Waals surface area (Å²) in [5, 5.41) is 2.67. The Labute approximate surface area is 95.8 Å². The molecule has 0 unspecified atom stereocenters. The normalized spacial score (nSPS) is 24.3. The predicted molar refractivity (Wildman–Crippen MR) is 59.1 cm³/mol. The molecule has 0 aromatic carbocycles. The van der Waals surface area contributed by atoms with Gasteiger partial charge in [-0.15, -0.1) is 0 Å². The Hall–Kier alpha value is -1.10. The number of hydrogen-bond acceptors (Lipinski definition) is 2. The Balaban J connectivity index is 1.95. The molecular formula is C11H20N3O2+. The molecule has 2 aliphatic rings. The van der Waals surface area contributed by atoms with E-state index in [0.717, 1.165) is 13.1 Å². The Morgan fingerprint density at radius 3 is 2.62 bits per heavy atom. The van der Waals surface area contributed by atoms with E-state index in [1.54, 1.807) is 0 Å². The van der Waals surface area contributed by atoms with Gasteiger partial charge in [0.2, 0.25) is 0 Å². The highest BCUT2D eigenvalue weighted by molar-refractivity contribution is 5.97. The van der Waals surface area contributed by atoms with Crippen molar-refractivity contribution >= 4 is 11.9 Å². The fourth-order valence-electron chi connectivity index (χ4n) is 2.53. The van der Waals surface area contributed by atoms with E-state index in [2.05, 4.69) is 5.32 Å². The van der Waals surface area contributed by atoms with Crippen LogP contribution >= 0.6 is 0 Å². The molecule has 0 bridgehead atoms. The zero-order valence-corrected chi connectivity index (χ0v) is 9.79. The third kappa shape index (κ3) is 2.19. The van der Waals surface area contributed by atoms with Crippen molar-refractivity contribution in [2.24, 2.45) is 0 Å². The number of hydrogen-bond donors (Lipinski definition) is 2. The molecule has 0 aromatic heterocycles. The van der Waals surface area contributed by atoms with E-state index in [9.17, 15) is 9.59 Å². The Kier molecular flexibility index (Phi) is 3.43. The van der Waals surface area contributed by atoms with Crippen molar-refractivity contribution in [2.75, 3.05) is 26.2 Å². The number of urea groups is 1. The highest BCUT2D eigenvalue weighted by Gasteiger charge is 2.35. The molecule has 0 radical (unpaired) electrons. The van der Waals surface area contributed by atoms with Crippen LogP contribution in [-0.4, -0.2) is 49.1 Å². The summed E-state index contributed by atoms with van der Waals surface area (Å²) in [6, 6.07) is -0.308. The minimum absolute atomic E-state index is 0.0214. The quantitative estimate of drug-likeness (QED) is 0.634. The number of nitrogens with zero attached hydrogens (tertiary/aromatic N) is 1. The minimum Gasteiger partial charge on any atom is -0.336 e. The van der Waals surface area contributed by atoms with Gasteiger partial charge < -0.3 is 10.2 Å². The second-order valence-electron chi connectivity index (χ2n) is 4.66. The van der Waals surface area contributed by atoms with E-state index in [1.807, 2.05) is 6.92 Å². The molecule has 5 nitrogen and oxygen atoms in total. The Bertz CT molecular complexity index is 287. The van der Waals surface area contributed by atoms with Crippen molar-refractivity contribution in [1.82, 2.24) is 10.2 Å². The number of likely N-dealkylation sites (tertiary alicyclic amines) is 1. The van der Waals surface area contributed by atoms with Gasteiger partial charge in [0, 0.05) is 13.1 Å². The molecule has 2 N–H and O–H groups in total. The van der Waals surface area contributed by atoms with Gasteiger partial charge in [0.05, 0.1) is 13.1 Å². The first kappa shape index (κ1) is 11.4. The van der Waals surface area contributed by atoms with Gasteiger partial charge in [-0.2, -0.15) is 0 Å². The second kappa shape index (κ2) is 4.82. The van der Waals surface area contributed by atoms with Gasteiger partial charge in [-0.3, -0.25) is 9.69 Å². The number of carbonyl (C=O) groups excluding carboxylic acids is 2. The molecule has 16 heavy (non-hydrogen) atoms. The van der Waals surface area contributed by atoms with Crippen LogP contribution in [0.4, 0.5) is 4.79 Å². The summed E-state index contributed by atoms with van der Waals surface area (Å²) in [6.45, 7) is 5.17. The SMILES string of the molecule is C[C@H](C(=O)N1CCNC1=O)[NH+]1CCCCC1. The van der Waals surface area contributed by atoms with E-state index >= 15 is 0 Å². The van der Waals surface area contributed by atoms with Gasteiger partial charge >= 0.3 is 6.03 Å². The van der Waals surface area contributed by atoms with Crippen molar-refractivity contribution in [3.63, 3.8) is 0 Å². The lowest BCUT2D eigenvalue weighted by molar-refractivity contribution is -0.919. The topological polar surface area (TPSA) is 53.9 Å². The van der Waals surface area contributed by atoms with Crippen LogP contribution < -0.4 is 10.2 Å². The molecule has 5 heteroatoms. The lowest BCUT2D eigenvalue weighted by Gasteiger charge is -2.29. The third-order valence-corrected chi connectivity index (χ3v) is 3.60. The molecule has 2 aliphatic heterocycles. The van der Waals surface area contributed by atoms with Crippen LogP contribution in [-0.2, 0) is 4.79 Å². The fourth-order valence-corrected chi connectivity index (χ4v) is 2.53. The number of rotatable bonds is 2. The molecule has 0 saturated carbocycles. The van der Waals surface area contributed by atoms with Crippen LogP contribution in [0.2, 0.25) is 0 Å². The fraction of sp³-hybridized carbons (Fsp3) is 0.818. The number of carbonyl (C=O) groups is 2. The second-order valence-corrected chi connectivity index (χ2v) is 4.66. The molecule has 0 aliphatic carbocycles. The van der Waals surface area contributed by atoms with Crippen molar-refractivity contribution in [3.05, 3.63) is 0 Å². The van der Waals surface area contributed by atoms with Crippen LogP contribution in [0.5, 0.6) is 0 Å². The van der Waals surface area contributed by atoms with Crippen LogP contribution in [0.25, 0.3) is 0 Å². The van der Waals surface area contributed by atoms with Crippen LogP contribution in [0.1, 0.15) is 26.2 Å². The van der Waals surface area contributed by atoms with Gasteiger partial charge in [-0.05, 0) is 26.2 Å². The number of imide groups is 1. The highest BCUT2D eigenvalue weighted by atomic mass is 16.2. The summed E-state index contributed by atoms with van der Waals surface area (Å²) in [4.78, 5) is 26.2. The largest absolute Gasteiger partial charge is 0.336 e. The van der Waals surface area contributed by atoms with Crippen molar-refractivity contribution in [2.45, 2.75) is 32.2 Å². The van der Waals surface area contributed by atoms with Crippen molar-refractivity contribution in [1.29, 1.82) is 0 Å². The number of quaternary nitrogens is 1. The standard InChI is InChI=1S/C11H19N3O2/c1-9(13-6-3-2-4-7-13)10(15)14-8-5-12-11(14)16/h9H,2-8H2,1H3,(H,12,16)/p+1/t9-/m1/s1. The zero-order valence-electron chi connectivity index (χ0n) is 9.79. The first-order valence-corrected chi connectivity index (χ1v) is 6.14. The summed E-state index contributed by atoms with van der Waals surface area (Å²) in [5.41, 5.74) is 0. The zero-order chi connectivity index (χ0) is 11.5. The van der Waals surface area contributed by atoms with E-state index in [0.29, 0.717) is 13.1 Å². The molecule has 3 amide bonds. The smallest absolute Gasteiger partial charge is 0.324 e. The highest BCUT2D eigenvalue weighted by Crippen LogP contribution is 2.01. The van der Waals surface area contributed by atoms with E-state index < -0.39 is 0 Å². The maximum atomic E-state index is 12.1. The summed E-state index contributed by atoms with van der Waals surface area (Å²) in [7, 11) is 0. The third-order valence-electron chi connectivity index (χ3n) is 3.60. The summed E-state index contributed by atoms with van der Waals surface area (Å²) in [6.07, 6.45) is 3.66. The molecular weight excluding hydrogens is 206 g/mol. The summed E-state index contributed by atoms with van der Waals surface area (Å²) in [5.74, 6) is -0.0214. The van der Waals surface area contributed by atoms with Crippen LogP contribution in [0.15, 0.2) is 0 Å². The van der Waals surface area contributed by atoms with E-state index in [-0.39, 0.29) is 18.0 Å². The molecule has 90 valence electrons. The van der Waals surface area contributed by atoms with Crippen LogP contribution in [0.3, 0.4) is 0 Å². The van der Waals surface area contributed by atoms with Gasteiger partial charge in [-0.1, -0.05) is 0 Å². The monoisotopic (exact) mass is 226 g/mol. The van der Waals surface area contributed by atoms with Gasteiger partial charge in [0.25, 0.3) is 5.91 Å². The molecule has 2 fully saturated rings. The first-order valence-electron chi connectivity index (χ1n) is 6.14. The Morgan fingerprint density at radius 2 is 2.06 bits per heavy atom. The Morgan fingerprint density at radius 1 is 1.38 bits per heavy atom. The molecule has 2 rings (SSSR count). The van der Waals surface area contributed by atoms with Crippen molar-refractivity contribution < 1.29 is 14.5 Å². The number of amides is 3. The average Bonchev–Trinajstić information content (AvgIpc) is 2.75. The minimum atomic E-state index is -0.228. The van der Waals surface area contributed by atoms with E-state index in [1.165, 1.54) is 29.1 Å². The predicted octanol–water partition coefficient (Wildman–Crippen LogP) is -1.00. The lowest BCUT2D eigenvalue weighted by atomic mass is 10.1. The first-order chi connectivity index (χ1) is 7.70. The average molecular weight is 226 g/mol. The van der Waals surface area contributed by atoms with Crippen LogP contribution in [0, 0.1) is 0 Å². The molecule has 0 spiro atoms.